The van der Waals surface area contributed by atoms with E-state index in [1.54, 1.807) is 13.0 Å². The van der Waals surface area contributed by atoms with E-state index >= 15 is 0 Å². The zero-order valence-electron chi connectivity index (χ0n) is 22.9. The second kappa shape index (κ2) is 11.2. The number of amides is 1. The molecule has 204 valence electrons. The lowest BCUT2D eigenvalue weighted by molar-refractivity contribution is 0.0951. The maximum Gasteiger partial charge on any atom is 0.256 e. The van der Waals surface area contributed by atoms with Crippen molar-refractivity contribution in [2.45, 2.75) is 46.2 Å². The Labute approximate surface area is 233 Å². The molecule has 0 spiro atoms. The number of hydrogen-bond donors (Lipinski definition) is 2. The summed E-state index contributed by atoms with van der Waals surface area (Å²) >= 11 is 6.08. The lowest BCUT2D eigenvalue weighted by Gasteiger charge is -2.37. The Morgan fingerprint density at radius 1 is 1.13 bits per heavy atom. The molecule has 1 amide bonds. The molecule has 0 bridgehead atoms. The van der Waals surface area contributed by atoms with Crippen LogP contribution in [0.1, 0.15) is 53.1 Å². The number of halogens is 1. The molecule has 2 aromatic carbocycles. The number of pyridine rings is 1. The molecule has 0 saturated carbocycles. The number of rotatable bonds is 7. The number of anilines is 1. The molecule has 0 radical (unpaired) electrons. The van der Waals surface area contributed by atoms with Gasteiger partial charge in [0.25, 0.3) is 11.5 Å². The van der Waals surface area contributed by atoms with E-state index in [1.807, 2.05) is 37.3 Å². The van der Waals surface area contributed by atoms with Crippen molar-refractivity contribution in [3.63, 3.8) is 0 Å². The number of nitrogens with one attached hydrogen (secondary N) is 2. The largest absolute Gasteiger partial charge is 0.496 e. The van der Waals surface area contributed by atoms with Crippen LogP contribution in [-0.2, 0) is 6.54 Å². The number of H-pyrrole nitrogens is 1. The smallest absolute Gasteiger partial charge is 0.256 e. The molecule has 8 heteroatoms. The van der Waals surface area contributed by atoms with Crippen molar-refractivity contribution in [1.82, 2.24) is 14.9 Å². The van der Waals surface area contributed by atoms with Crippen molar-refractivity contribution < 1.29 is 9.53 Å². The van der Waals surface area contributed by atoms with Crippen LogP contribution in [0.25, 0.3) is 10.9 Å². The summed E-state index contributed by atoms with van der Waals surface area (Å²) in [5.74, 6) is 0.748. The molecule has 1 saturated heterocycles. The molecule has 5 rings (SSSR count). The maximum absolute atomic E-state index is 13.6. The van der Waals surface area contributed by atoms with Crippen molar-refractivity contribution in [1.29, 1.82) is 0 Å². The maximum atomic E-state index is 13.6. The Bertz CT molecular complexity index is 1550. The van der Waals surface area contributed by atoms with E-state index in [9.17, 15) is 9.59 Å². The quantitative estimate of drug-likeness (QED) is 0.297. The fourth-order valence-corrected chi connectivity index (χ4v) is 6.12. The molecule has 1 aliphatic rings. The van der Waals surface area contributed by atoms with Crippen LogP contribution in [-0.4, -0.2) is 35.7 Å². The molecule has 2 N–H and O–H groups in total. The summed E-state index contributed by atoms with van der Waals surface area (Å²) in [6.07, 6.45) is 2.13. The van der Waals surface area contributed by atoms with Crippen LogP contribution in [0.4, 0.5) is 5.69 Å². The highest BCUT2D eigenvalue weighted by Crippen LogP contribution is 2.36. The van der Waals surface area contributed by atoms with Crippen LogP contribution >= 0.6 is 11.6 Å². The Morgan fingerprint density at radius 3 is 2.51 bits per heavy atom. The summed E-state index contributed by atoms with van der Waals surface area (Å²) in [6.45, 7) is 8.13. The van der Waals surface area contributed by atoms with E-state index in [1.165, 1.54) is 12.8 Å². The number of aromatic nitrogens is 2. The van der Waals surface area contributed by atoms with Gasteiger partial charge in [0.2, 0.25) is 0 Å². The molecule has 2 aromatic heterocycles. The van der Waals surface area contributed by atoms with Crippen molar-refractivity contribution in [3.05, 3.63) is 92.5 Å². The molecule has 0 aliphatic carbocycles. The van der Waals surface area contributed by atoms with E-state index in [-0.39, 0.29) is 24.1 Å². The Morgan fingerprint density at radius 2 is 1.82 bits per heavy atom. The highest BCUT2D eigenvalue weighted by Gasteiger charge is 2.29. The minimum absolute atomic E-state index is 0.0786. The number of nitrogens with zero attached hydrogens (tertiary/aromatic N) is 2. The van der Waals surface area contributed by atoms with Gasteiger partial charge < -0.3 is 24.5 Å². The summed E-state index contributed by atoms with van der Waals surface area (Å²) in [4.78, 5) is 31.3. The van der Waals surface area contributed by atoms with E-state index in [4.69, 9.17) is 16.3 Å². The first kappa shape index (κ1) is 26.9. The summed E-state index contributed by atoms with van der Waals surface area (Å²) < 4.78 is 7.72. The number of methoxy groups -OCH3 is 1. The molecule has 3 heterocycles. The zero-order chi connectivity index (χ0) is 27.7. The molecule has 0 unspecified atom stereocenters. The van der Waals surface area contributed by atoms with E-state index in [0.717, 1.165) is 47.6 Å². The van der Waals surface area contributed by atoms with Gasteiger partial charge in [-0.25, -0.2) is 0 Å². The second-order valence-corrected chi connectivity index (χ2v) is 10.8. The highest BCUT2D eigenvalue weighted by molar-refractivity contribution is 6.30. The number of para-hydroxylation sites is 1. The number of benzene rings is 2. The van der Waals surface area contributed by atoms with Crippen LogP contribution in [0, 0.1) is 19.8 Å². The normalized spacial score (nSPS) is 14.9. The number of ether oxygens (including phenoxy) is 1. The van der Waals surface area contributed by atoms with Gasteiger partial charge in [0, 0.05) is 52.1 Å². The van der Waals surface area contributed by atoms with E-state index < -0.39 is 0 Å². The molecule has 1 fully saturated rings. The third-order valence-corrected chi connectivity index (χ3v) is 8.33. The van der Waals surface area contributed by atoms with Gasteiger partial charge in [-0.2, -0.15) is 0 Å². The predicted octanol–water partition coefficient (Wildman–Crippen LogP) is 6.02. The van der Waals surface area contributed by atoms with E-state index in [2.05, 4.69) is 44.9 Å². The van der Waals surface area contributed by atoms with Gasteiger partial charge in [-0.1, -0.05) is 29.8 Å². The first-order chi connectivity index (χ1) is 18.8. The molecule has 7 nitrogen and oxygen atoms in total. The minimum Gasteiger partial charge on any atom is -0.496 e. The van der Waals surface area contributed by atoms with Gasteiger partial charge in [-0.05, 0) is 75.9 Å². The number of piperidine rings is 1. The van der Waals surface area contributed by atoms with E-state index in [0.29, 0.717) is 28.5 Å². The first-order valence-corrected chi connectivity index (χ1v) is 13.8. The second-order valence-electron chi connectivity index (χ2n) is 10.4. The number of aryl methyl sites for hydroxylation is 1. The number of carbonyl (C=O) groups excluding carboxylic acids is 1. The standard InChI is InChI=1S/C31H35ClN4O3/c1-19-17-28(39-4)26(30(37)34-19)18-33-31(38)29-21(3)36(27-8-6-5-7-25(27)29)20(2)22-13-15-35(16-14-22)24-11-9-23(32)10-12-24/h5-12,17,20,22H,13-16,18H2,1-4H3,(H,33,38)(H,34,37)/t20-/m1/s1. The van der Waals surface area contributed by atoms with Gasteiger partial charge in [0.05, 0.1) is 24.8 Å². The van der Waals surface area contributed by atoms with Crippen molar-refractivity contribution >= 4 is 34.1 Å². The van der Waals surface area contributed by atoms with Crippen LogP contribution in [0.15, 0.2) is 59.4 Å². The molecule has 1 aliphatic heterocycles. The molecular formula is C31H35ClN4O3. The average Bonchev–Trinajstić information content (AvgIpc) is 3.23. The van der Waals surface area contributed by atoms with Crippen LogP contribution in [0.3, 0.4) is 0 Å². The number of aromatic amines is 1. The zero-order valence-corrected chi connectivity index (χ0v) is 23.6. The summed E-state index contributed by atoms with van der Waals surface area (Å²) in [7, 11) is 1.53. The third-order valence-electron chi connectivity index (χ3n) is 8.08. The molecule has 1 atom stereocenters. The first-order valence-electron chi connectivity index (χ1n) is 13.4. The summed E-state index contributed by atoms with van der Waals surface area (Å²) in [6, 6.07) is 18.1. The monoisotopic (exact) mass is 546 g/mol. The lowest BCUT2D eigenvalue weighted by Crippen LogP contribution is -2.36. The van der Waals surface area contributed by atoms with Crippen LogP contribution in [0.5, 0.6) is 5.75 Å². The van der Waals surface area contributed by atoms with Gasteiger partial charge in [0.1, 0.15) is 5.75 Å². The Kier molecular flexibility index (Phi) is 7.71. The topological polar surface area (TPSA) is 79.4 Å². The van der Waals surface area contributed by atoms with Gasteiger partial charge in [0.15, 0.2) is 0 Å². The van der Waals surface area contributed by atoms with Crippen molar-refractivity contribution in [3.8, 4) is 5.75 Å². The van der Waals surface area contributed by atoms with Gasteiger partial charge in [-0.3, -0.25) is 9.59 Å². The number of hydrogen-bond acceptors (Lipinski definition) is 4. The van der Waals surface area contributed by atoms with Crippen molar-refractivity contribution in [2.24, 2.45) is 5.92 Å². The summed E-state index contributed by atoms with van der Waals surface area (Å²) in [5, 5.41) is 4.65. The SMILES string of the molecule is COc1cc(C)[nH]c(=O)c1CNC(=O)c1c(C)n([C@H](C)C2CCN(c3ccc(Cl)cc3)CC2)c2ccccc12. The van der Waals surface area contributed by atoms with Gasteiger partial charge in [-0.15, -0.1) is 0 Å². The highest BCUT2D eigenvalue weighted by atomic mass is 35.5. The Balaban J connectivity index is 1.37. The number of carbonyl (C=O) groups is 1. The molecular weight excluding hydrogens is 512 g/mol. The summed E-state index contributed by atoms with van der Waals surface area (Å²) in [5.41, 5.74) is 4.70. The predicted molar refractivity (Wildman–Crippen MR) is 157 cm³/mol. The fraction of sp³-hybridized carbons (Fsp3) is 0.355. The van der Waals surface area contributed by atoms with Crippen LogP contribution in [0.2, 0.25) is 5.02 Å². The average molecular weight is 547 g/mol. The Hall–Kier alpha value is -3.71. The minimum atomic E-state index is -0.259. The van der Waals surface area contributed by atoms with Crippen LogP contribution < -0.4 is 20.5 Å². The molecule has 4 aromatic rings. The lowest BCUT2D eigenvalue weighted by atomic mass is 9.89. The number of fused-ring (bicyclic) bond motifs is 1. The van der Waals surface area contributed by atoms with Gasteiger partial charge >= 0.3 is 0 Å². The van der Waals surface area contributed by atoms with Crippen molar-refractivity contribution in [2.75, 3.05) is 25.1 Å². The third kappa shape index (κ3) is 5.28. The molecule has 39 heavy (non-hydrogen) atoms. The fourth-order valence-electron chi connectivity index (χ4n) is 6.00.